The van der Waals surface area contributed by atoms with Gasteiger partial charge in [-0.3, -0.25) is 9.59 Å². The topological polar surface area (TPSA) is 46.2 Å². The van der Waals surface area contributed by atoms with Crippen LogP contribution in [0.3, 0.4) is 0 Å². The van der Waals surface area contributed by atoms with E-state index in [1.54, 1.807) is 0 Å². The number of amides is 1. The van der Waals surface area contributed by atoms with Crippen molar-refractivity contribution in [1.29, 1.82) is 0 Å². The van der Waals surface area contributed by atoms with Gasteiger partial charge in [-0.2, -0.15) is 0 Å². The van der Waals surface area contributed by atoms with Gasteiger partial charge in [0.05, 0.1) is 6.42 Å². The third-order valence-corrected chi connectivity index (χ3v) is 1.61. The summed E-state index contributed by atoms with van der Waals surface area (Å²) >= 11 is 0. The molecular weight excluding hydrogens is 204 g/mol. The van der Waals surface area contributed by atoms with Crippen LogP contribution in [0.25, 0.3) is 0 Å². The molecule has 0 aliphatic carbocycles. The van der Waals surface area contributed by atoms with Crippen molar-refractivity contribution >= 4 is 17.4 Å². The maximum atomic E-state index is 12.7. The Hall–Kier alpha value is -1.78. The molecule has 0 aliphatic rings. The first-order valence-electron chi connectivity index (χ1n) is 4.23. The van der Waals surface area contributed by atoms with Crippen LogP contribution in [0.5, 0.6) is 0 Å². The Morgan fingerprint density at radius 2 is 1.93 bits per heavy atom. The van der Waals surface area contributed by atoms with Crippen LogP contribution in [-0.2, 0) is 9.59 Å². The second kappa shape index (κ2) is 4.63. The van der Waals surface area contributed by atoms with E-state index in [2.05, 4.69) is 5.32 Å². The van der Waals surface area contributed by atoms with E-state index in [0.29, 0.717) is 0 Å². The predicted octanol–water partition coefficient (Wildman–Crippen LogP) is 1.88. The molecule has 0 unspecified atom stereocenters. The number of carbonyl (C=O) groups is 2. The van der Waals surface area contributed by atoms with Gasteiger partial charge in [-0.1, -0.05) is 0 Å². The van der Waals surface area contributed by atoms with Crippen LogP contribution in [0.15, 0.2) is 18.2 Å². The van der Waals surface area contributed by atoms with Crippen LogP contribution < -0.4 is 5.32 Å². The highest BCUT2D eigenvalue weighted by Crippen LogP contribution is 2.13. The van der Waals surface area contributed by atoms with Crippen LogP contribution in [0.1, 0.15) is 13.3 Å². The second-order valence-corrected chi connectivity index (χ2v) is 3.06. The van der Waals surface area contributed by atoms with E-state index in [9.17, 15) is 18.4 Å². The Bertz CT molecular complexity index is 404. The van der Waals surface area contributed by atoms with Gasteiger partial charge in [-0.05, 0) is 19.1 Å². The summed E-state index contributed by atoms with van der Waals surface area (Å²) in [4.78, 5) is 21.6. The summed E-state index contributed by atoms with van der Waals surface area (Å²) in [6.45, 7) is 1.27. The van der Waals surface area contributed by atoms with Gasteiger partial charge in [-0.25, -0.2) is 8.78 Å². The zero-order valence-electron chi connectivity index (χ0n) is 8.01. The van der Waals surface area contributed by atoms with Gasteiger partial charge in [0, 0.05) is 11.8 Å². The zero-order valence-corrected chi connectivity index (χ0v) is 8.01. The number of halogens is 2. The molecule has 0 radical (unpaired) electrons. The fraction of sp³-hybridized carbons (Fsp3) is 0.200. The summed E-state index contributed by atoms with van der Waals surface area (Å²) in [5, 5.41) is 2.27. The Kier molecular flexibility index (Phi) is 3.49. The summed E-state index contributed by atoms with van der Waals surface area (Å²) in [5.74, 6) is -2.88. The minimum absolute atomic E-state index is 0.125. The summed E-state index contributed by atoms with van der Waals surface area (Å²) in [6.07, 6.45) is -0.279. The van der Waals surface area contributed by atoms with E-state index in [-0.39, 0.29) is 17.9 Å². The quantitative estimate of drug-likeness (QED) is 0.779. The fourth-order valence-electron chi connectivity index (χ4n) is 1.01. The molecule has 15 heavy (non-hydrogen) atoms. The highest BCUT2D eigenvalue weighted by molar-refractivity contribution is 6.03. The van der Waals surface area contributed by atoms with E-state index in [1.807, 2.05) is 0 Å². The lowest BCUT2D eigenvalue weighted by Gasteiger charge is -2.03. The smallest absolute Gasteiger partial charge is 0.231 e. The number of benzene rings is 1. The van der Waals surface area contributed by atoms with Crippen LogP contribution in [0, 0.1) is 11.6 Å². The first-order chi connectivity index (χ1) is 6.99. The number of hydrogen-bond donors (Lipinski definition) is 1. The van der Waals surface area contributed by atoms with E-state index in [0.717, 1.165) is 12.1 Å². The summed E-state index contributed by atoms with van der Waals surface area (Å²) in [6, 6.07) is 2.97. The van der Waals surface area contributed by atoms with E-state index < -0.39 is 17.5 Å². The first kappa shape index (κ1) is 11.3. The third-order valence-electron chi connectivity index (χ3n) is 1.61. The Balaban J connectivity index is 2.69. The molecule has 0 fully saturated rings. The molecule has 1 amide bonds. The third kappa shape index (κ3) is 3.46. The van der Waals surface area contributed by atoms with Crippen molar-refractivity contribution in [2.75, 3.05) is 5.32 Å². The Morgan fingerprint density at radius 3 is 2.47 bits per heavy atom. The standard InChI is InChI=1S/C10H9F2NO2/c1-6(14)4-10(15)13-7-2-3-8(11)9(12)5-7/h2-3,5H,4H2,1H3,(H,13,15). The van der Waals surface area contributed by atoms with Crippen molar-refractivity contribution < 1.29 is 18.4 Å². The largest absolute Gasteiger partial charge is 0.326 e. The SMILES string of the molecule is CC(=O)CC(=O)Nc1ccc(F)c(F)c1. The minimum atomic E-state index is -1.05. The van der Waals surface area contributed by atoms with Crippen LogP contribution in [-0.4, -0.2) is 11.7 Å². The van der Waals surface area contributed by atoms with Crippen LogP contribution in [0.2, 0.25) is 0 Å². The lowest BCUT2D eigenvalue weighted by molar-refractivity contribution is -0.124. The van der Waals surface area contributed by atoms with Gasteiger partial charge in [-0.15, -0.1) is 0 Å². The van der Waals surface area contributed by atoms with Gasteiger partial charge < -0.3 is 5.32 Å². The maximum absolute atomic E-state index is 12.7. The molecule has 0 heterocycles. The van der Waals surface area contributed by atoms with Crippen molar-refractivity contribution in [1.82, 2.24) is 0 Å². The molecule has 1 N–H and O–H groups in total. The molecule has 1 aromatic rings. The average Bonchev–Trinajstić information content (AvgIpc) is 2.10. The lowest BCUT2D eigenvalue weighted by Crippen LogP contribution is -2.14. The van der Waals surface area contributed by atoms with E-state index >= 15 is 0 Å². The summed E-state index contributed by atoms with van der Waals surface area (Å²) in [5.41, 5.74) is 0.125. The molecule has 0 saturated carbocycles. The summed E-state index contributed by atoms with van der Waals surface area (Å²) < 4.78 is 25.2. The average molecular weight is 213 g/mol. The van der Waals surface area contributed by atoms with Crippen molar-refractivity contribution in [3.05, 3.63) is 29.8 Å². The Morgan fingerprint density at radius 1 is 1.27 bits per heavy atom. The second-order valence-electron chi connectivity index (χ2n) is 3.06. The molecule has 3 nitrogen and oxygen atoms in total. The first-order valence-corrected chi connectivity index (χ1v) is 4.23. The number of rotatable bonds is 3. The van der Waals surface area contributed by atoms with Gasteiger partial charge in [0.1, 0.15) is 5.78 Å². The number of hydrogen-bond acceptors (Lipinski definition) is 2. The highest BCUT2D eigenvalue weighted by Gasteiger charge is 2.07. The number of Topliss-reactive ketones (excluding diaryl/α,β-unsaturated/α-hetero) is 1. The van der Waals surface area contributed by atoms with Crippen molar-refractivity contribution in [2.24, 2.45) is 0 Å². The molecule has 0 aliphatic heterocycles. The van der Waals surface area contributed by atoms with Crippen molar-refractivity contribution in [2.45, 2.75) is 13.3 Å². The molecular formula is C10H9F2NO2. The van der Waals surface area contributed by atoms with E-state index in [4.69, 9.17) is 0 Å². The predicted molar refractivity (Wildman–Crippen MR) is 50.3 cm³/mol. The minimum Gasteiger partial charge on any atom is -0.326 e. The highest BCUT2D eigenvalue weighted by atomic mass is 19.2. The molecule has 0 aromatic heterocycles. The number of carbonyl (C=O) groups excluding carboxylic acids is 2. The normalized spacial score (nSPS) is 9.80. The molecule has 0 saturated heterocycles. The monoisotopic (exact) mass is 213 g/mol. The van der Waals surface area contributed by atoms with Crippen LogP contribution >= 0.6 is 0 Å². The van der Waals surface area contributed by atoms with Gasteiger partial charge in [0.2, 0.25) is 5.91 Å². The van der Waals surface area contributed by atoms with Gasteiger partial charge in [0.25, 0.3) is 0 Å². The van der Waals surface area contributed by atoms with Gasteiger partial charge >= 0.3 is 0 Å². The van der Waals surface area contributed by atoms with Gasteiger partial charge in [0.15, 0.2) is 11.6 Å². The molecule has 5 heteroatoms. The van der Waals surface area contributed by atoms with E-state index in [1.165, 1.54) is 13.0 Å². The van der Waals surface area contributed by atoms with Crippen LogP contribution in [0.4, 0.5) is 14.5 Å². The summed E-state index contributed by atoms with van der Waals surface area (Å²) in [7, 11) is 0. The molecule has 80 valence electrons. The Labute approximate surface area is 85.1 Å². The molecule has 0 bridgehead atoms. The van der Waals surface area contributed by atoms with Crippen molar-refractivity contribution in [3.63, 3.8) is 0 Å². The maximum Gasteiger partial charge on any atom is 0.231 e. The fourth-order valence-corrected chi connectivity index (χ4v) is 1.01. The number of ketones is 1. The zero-order chi connectivity index (χ0) is 11.4. The number of anilines is 1. The molecule has 1 rings (SSSR count). The number of nitrogens with one attached hydrogen (secondary N) is 1. The molecule has 0 atom stereocenters. The lowest BCUT2D eigenvalue weighted by atomic mass is 10.2. The van der Waals surface area contributed by atoms with Crippen molar-refractivity contribution in [3.8, 4) is 0 Å². The molecule has 0 spiro atoms. The molecule has 1 aromatic carbocycles.